The largest absolute Gasteiger partial charge is 0.497 e. The normalized spacial score (nSPS) is 13.4. The summed E-state index contributed by atoms with van der Waals surface area (Å²) in [5, 5.41) is 7.27. The van der Waals surface area contributed by atoms with Gasteiger partial charge in [0.15, 0.2) is 5.78 Å². The molecule has 2 aromatic rings. The third-order valence-corrected chi connectivity index (χ3v) is 3.92. The minimum Gasteiger partial charge on any atom is -0.497 e. The smallest absolute Gasteiger partial charge is 0.270 e. The van der Waals surface area contributed by atoms with Crippen molar-refractivity contribution in [3.05, 3.63) is 41.2 Å². The number of nitrogens with one attached hydrogen (secondary N) is 1. The topological polar surface area (TPSA) is 73.2 Å². The Kier molecular flexibility index (Phi) is 4.14. The Morgan fingerprint density at radius 3 is 2.74 bits per heavy atom. The molecule has 6 heteroatoms. The average molecular weight is 313 g/mol. The predicted molar refractivity (Wildman–Crippen MR) is 85.4 cm³/mol. The Morgan fingerprint density at radius 1 is 1.35 bits per heavy atom. The molecular formula is C17H19N3O3. The number of Topliss-reactive ketones (excluding diaryl/α,β-unsaturated/α-hetero) is 1. The van der Waals surface area contributed by atoms with Gasteiger partial charge < -0.3 is 10.1 Å². The molecule has 1 aromatic heterocycles. The second-order valence-corrected chi connectivity index (χ2v) is 5.46. The van der Waals surface area contributed by atoms with Crippen molar-refractivity contribution in [3.63, 3.8) is 0 Å². The van der Waals surface area contributed by atoms with Gasteiger partial charge in [-0.3, -0.25) is 9.59 Å². The van der Waals surface area contributed by atoms with Crippen molar-refractivity contribution in [3.8, 4) is 11.4 Å². The maximum atomic E-state index is 12.3. The molecule has 1 aliphatic heterocycles. The van der Waals surface area contributed by atoms with Crippen LogP contribution in [0.15, 0.2) is 24.3 Å². The summed E-state index contributed by atoms with van der Waals surface area (Å²) in [6.07, 6.45) is 1.82. The molecule has 0 atom stereocenters. The SMILES string of the molecule is CCCC(=O)c1nn(-c2ccc(OC)cc2)c2c1CCNC2=O. The van der Waals surface area contributed by atoms with E-state index in [2.05, 4.69) is 10.4 Å². The zero-order valence-electron chi connectivity index (χ0n) is 13.3. The first-order chi connectivity index (χ1) is 11.2. The summed E-state index contributed by atoms with van der Waals surface area (Å²) in [6.45, 7) is 2.49. The van der Waals surface area contributed by atoms with Crippen LogP contribution >= 0.6 is 0 Å². The second kappa shape index (κ2) is 6.24. The number of carbonyl (C=O) groups is 2. The van der Waals surface area contributed by atoms with Gasteiger partial charge >= 0.3 is 0 Å². The van der Waals surface area contributed by atoms with Crippen LogP contribution in [0.3, 0.4) is 0 Å². The molecule has 0 spiro atoms. The zero-order chi connectivity index (χ0) is 16.4. The molecule has 1 amide bonds. The molecule has 1 aliphatic rings. The zero-order valence-corrected chi connectivity index (χ0v) is 13.3. The van der Waals surface area contributed by atoms with Crippen molar-refractivity contribution in [2.75, 3.05) is 13.7 Å². The van der Waals surface area contributed by atoms with Crippen molar-refractivity contribution in [1.82, 2.24) is 15.1 Å². The minimum atomic E-state index is -0.190. The summed E-state index contributed by atoms with van der Waals surface area (Å²) in [5.74, 6) is 0.525. The summed E-state index contributed by atoms with van der Waals surface area (Å²) in [7, 11) is 1.60. The summed E-state index contributed by atoms with van der Waals surface area (Å²) in [4.78, 5) is 24.6. The second-order valence-electron chi connectivity index (χ2n) is 5.46. The van der Waals surface area contributed by atoms with Gasteiger partial charge in [0, 0.05) is 18.5 Å². The van der Waals surface area contributed by atoms with Crippen LogP contribution in [0.1, 0.15) is 46.3 Å². The van der Waals surface area contributed by atoms with Crippen molar-refractivity contribution in [2.45, 2.75) is 26.2 Å². The number of benzene rings is 1. The lowest BCUT2D eigenvalue weighted by Crippen LogP contribution is -2.33. The molecule has 0 fully saturated rings. The summed E-state index contributed by atoms with van der Waals surface area (Å²) >= 11 is 0. The first kappa shape index (κ1) is 15.3. The minimum absolute atomic E-state index is 0.00860. The fraction of sp³-hybridized carbons (Fsp3) is 0.353. The highest BCUT2D eigenvalue weighted by atomic mass is 16.5. The van der Waals surface area contributed by atoms with Crippen LogP contribution in [-0.4, -0.2) is 35.1 Å². The maximum absolute atomic E-state index is 12.3. The van der Waals surface area contributed by atoms with Crippen LogP contribution in [-0.2, 0) is 6.42 Å². The van der Waals surface area contributed by atoms with E-state index in [1.807, 2.05) is 19.1 Å². The van der Waals surface area contributed by atoms with Gasteiger partial charge in [0.05, 0.1) is 12.8 Å². The van der Waals surface area contributed by atoms with Crippen LogP contribution in [0.4, 0.5) is 0 Å². The van der Waals surface area contributed by atoms with E-state index < -0.39 is 0 Å². The van der Waals surface area contributed by atoms with Gasteiger partial charge in [-0.05, 0) is 37.1 Å². The van der Waals surface area contributed by atoms with Crippen LogP contribution in [0.5, 0.6) is 5.75 Å². The number of aromatic nitrogens is 2. The Labute approximate surface area is 134 Å². The van der Waals surface area contributed by atoms with Crippen LogP contribution in [0.2, 0.25) is 0 Å². The quantitative estimate of drug-likeness (QED) is 0.858. The Bertz CT molecular complexity index is 747. The fourth-order valence-corrected chi connectivity index (χ4v) is 2.78. The van der Waals surface area contributed by atoms with E-state index >= 15 is 0 Å². The Hall–Kier alpha value is -2.63. The van der Waals surface area contributed by atoms with Gasteiger partial charge in [0.2, 0.25) is 0 Å². The van der Waals surface area contributed by atoms with Gasteiger partial charge in [0.1, 0.15) is 17.1 Å². The van der Waals surface area contributed by atoms with E-state index in [-0.39, 0.29) is 11.7 Å². The molecule has 120 valence electrons. The number of methoxy groups -OCH3 is 1. The number of nitrogens with zero attached hydrogens (tertiary/aromatic N) is 2. The molecule has 2 heterocycles. The highest BCUT2D eigenvalue weighted by Gasteiger charge is 2.29. The van der Waals surface area contributed by atoms with E-state index in [9.17, 15) is 9.59 Å². The first-order valence-corrected chi connectivity index (χ1v) is 7.73. The molecular weight excluding hydrogens is 294 g/mol. The lowest BCUT2D eigenvalue weighted by atomic mass is 10.0. The average Bonchev–Trinajstić information content (AvgIpc) is 2.96. The molecule has 0 bridgehead atoms. The van der Waals surface area contributed by atoms with Crippen molar-refractivity contribution in [1.29, 1.82) is 0 Å². The third kappa shape index (κ3) is 2.72. The Morgan fingerprint density at radius 2 is 2.09 bits per heavy atom. The van der Waals surface area contributed by atoms with Gasteiger partial charge in [-0.25, -0.2) is 4.68 Å². The lowest BCUT2D eigenvalue weighted by molar-refractivity contribution is 0.0938. The van der Waals surface area contributed by atoms with E-state index in [4.69, 9.17) is 4.74 Å². The molecule has 1 aromatic carbocycles. The number of hydrogen-bond donors (Lipinski definition) is 1. The molecule has 6 nitrogen and oxygen atoms in total. The predicted octanol–water partition coefficient (Wildman–Crippen LogP) is 2.15. The number of amides is 1. The molecule has 0 aliphatic carbocycles. The number of rotatable bonds is 5. The molecule has 23 heavy (non-hydrogen) atoms. The number of carbonyl (C=O) groups excluding carboxylic acids is 2. The van der Waals surface area contributed by atoms with Gasteiger partial charge in [-0.1, -0.05) is 6.92 Å². The van der Waals surface area contributed by atoms with Crippen molar-refractivity contribution in [2.24, 2.45) is 0 Å². The van der Waals surface area contributed by atoms with Gasteiger partial charge in [-0.15, -0.1) is 0 Å². The number of hydrogen-bond acceptors (Lipinski definition) is 4. The highest BCUT2D eigenvalue weighted by Crippen LogP contribution is 2.24. The molecule has 3 rings (SSSR count). The molecule has 0 saturated heterocycles. The van der Waals surface area contributed by atoms with E-state index in [1.54, 1.807) is 23.9 Å². The fourth-order valence-electron chi connectivity index (χ4n) is 2.78. The molecule has 1 N–H and O–H groups in total. The van der Waals surface area contributed by atoms with Gasteiger partial charge in [-0.2, -0.15) is 5.10 Å². The summed E-state index contributed by atoms with van der Waals surface area (Å²) in [5.41, 5.74) is 2.37. The third-order valence-electron chi connectivity index (χ3n) is 3.92. The highest BCUT2D eigenvalue weighted by molar-refractivity contribution is 6.02. The van der Waals surface area contributed by atoms with Crippen LogP contribution < -0.4 is 10.1 Å². The standard InChI is InChI=1S/C17H19N3O3/c1-3-4-14(21)15-13-9-10-18-17(22)16(13)20(19-15)11-5-7-12(23-2)8-6-11/h5-8H,3-4,9-10H2,1-2H3,(H,18,22). The monoisotopic (exact) mass is 313 g/mol. The maximum Gasteiger partial charge on any atom is 0.270 e. The lowest BCUT2D eigenvalue weighted by Gasteiger charge is -2.15. The number of ether oxygens (including phenoxy) is 1. The number of fused-ring (bicyclic) bond motifs is 1. The van der Waals surface area contributed by atoms with E-state index in [1.165, 1.54) is 0 Å². The molecule has 0 radical (unpaired) electrons. The first-order valence-electron chi connectivity index (χ1n) is 7.73. The van der Waals surface area contributed by atoms with E-state index in [0.717, 1.165) is 23.4 Å². The summed E-state index contributed by atoms with van der Waals surface area (Å²) in [6, 6.07) is 7.25. The number of ketones is 1. The van der Waals surface area contributed by atoms with E-state index in [0.29, 0.717) is 30.8 Å². The molecule has 0 saturated carbocycles. The van der Waals surface area contributed by atoms with Crippen LogP contribution in [0.25, 0.3) is 5.69 Å². The molecule has 0 unspecified atom stereocenters. The van der Waals surface area contributed by atoms with Crippen LogP contribution in [0, 0.1) is 0 Å². The Balaban J connectivity index is 2.12. The van der Waals surface area contributed by atoms with Crippen molar-refractivity contribution >= 4 is 11.7 Å². The summed E-state index contributed by atoms with van der Waals surface area (Å²) < 4.78 is 6.71. The van der Waals surface area contributed by atoms with Crippen molar-refractivity contribution < 1.29 is 14.3 Å². The van der Waals surface area contributed by atoms with Gasteiger partial charge in [0.25, 0.3) is 5.91 Å².